The molecule has 1 aliphatic carbocycles. The number of ether oxygens (including phenoxy) is 1. The Hall–Kier alpha value is -1.06. The molecule has 0 bridgehead atoms. The molecule has 1 aliphatic rings. The normalized spacial score (nSPS) is 18.8. The van der Waals surface area contributed by atoms with Crippen LogP contribution in [0.25, 0.3) is 0 Å². The van der Waals surface area contributed by atoms with E-state index in [0.717, 1.165) is 32.0 Å². The molecule has 4 heteroatoms. The van der Waals surface area contributed by atoms with Crippen LogP contribution in [0.1, 0.15) is 46.0 Å². The van der Waals surface area contributed by atoms with Crippen molar-refractivity contribution in [3.05, 3.63) is 0 Å². The number of amides is 1. The number of alkyl carbamates (subject to hydrolysis) is 1. The molecule has 1 rings (SSSR count). The Morgan fingerprint density at radius 2 is 2.00 bits per heavy atom. The molecule has 1 saturated carbocycles. The zero-order valence-corrected chi connectivity index (χ0v) is 10.8. The van der Waals surface area contributed by atoms with E-state index in [1.54, 1.807) is 0 Å². The highest BCUT2D eigenvalue weighted by Gasteiger charge is 2.25. The number of nitrogens with one attached hydrogen (secondary N) is 1. The molecule has 0 aromatic rings. The van der Waals surface area contributed by atoms with Crippen LogP contribution in [0.5, 0.6) is 0 Å². The molecule has 1 N–H and O–H groups in total. The first-order valence-electron chi connectivity index (χ1n) is 6.52. The van der Waals surface area contributed by atoms with Gasteiger partial charge in [0, 0.05) is 0 Å². The summed E-state index contributed by atoms with van der Waals surface area (Å²) in [5.41, 5.74) is 0. The summed E-state index contributed by atoms with van der Waals surface area (Å²) in [4.78, 5) is 22.5. The molecule has 0 heterocycles. The summed E-state index contributed by atoms with van der Waals surface area (Å²) < 4.78 is 5.02. The van der Waals surface area contributed by atoms with Crippen LogP contribution in [0, 0.1) is 11.8 Å². The summed E-state index contributed by atoms with van der Waals surface area (Å²) in [5, 5.41) is 2.66. The largest absolute Gasteiger partial charge is 0.449 e. The maximum atomic E-state index is 11.5. The van der Waals surface area contributed by atoms with Crippen molar-refractivity contribution in [1.82, 2.24) is 5.32 Å². The van der Waals surface area contributed by atoms with E-state index in [0.29, 0.717) is 12.5 Å². The topological polar surface area (TPSA) is 55.4 Å². The molecule has 0 aromatic carbocycles. The monoisotopic (exact) mass is 241 g/mol. The van der Waals surface area contributed by atoms with Crippen molar-refractivity contribution in [1.29, 1.82) is 0 Å². The first-order valence-corrected chi connectivity index (χ1v) is 6.52. The number of aldehydes is 1. The van der Waals surface area contributed by atoms with Crippen molar-refractivity contribution in [3.63, 3.8) is 0 Å². The molecule has 0 radical (unpaired) electrons. The van der Waals surface area contributed by atoms with Crippen LogP contribution in [0.2, 0.25) is 0 Å². The van der Waals surface area contributed by atoms with Crippen LogP contribution in [-0.4, -0.2) is 25.0 Å². The van der Waals surface area contributed by atoms with Crippen molar-refractivity contribution in [3.8, 4) is 0 Å². The number of carbonyl (C=O) groups excluding carboxylic acids is 2. The number of hydrogen-bond donors (Lipinski definition) is 1. The molecule has 0 saturated heterocycles. The van der Waals surface area contributed by atoms with Gasteiger partial charge < -0.3 is 14.8 Å². The van der Waals surface area contributed by atoms with Crippen LogP contribution in [0.4, 0.5) is 4.79 Å². The van der Waals surface area contributed by atoms with Gasteiger partial charge in [-0.25, -0.2) is 4.79 Å². The predicted molar refractivity (Wildman–Crippen MR) is 65.7 cm³/mol. The zero-order valence-electron chi connectivity index (χ0n) is 10.8. The van der Waals surface area contributed by atoms with Gasteiger partial charge in [0.2, 0.25) is 0 Å². The number of rotatable bonds is 5. The van der Waals surface area contributed by atoms with Crippen molar-refractivity contribution in [2.75, 3.05) is 6.61 Å². The lowest BCUT2D eigenvalue weighted by Gasteiger charge is -2.27. The maximum Gasteiger partial charge on any atom is 0.407 e. The van der Waals surface area contributed by atoms with E-state index in [4.69, 9.17) is 4.74 Å². The van der Waals surface area contributed by atoms with Gasteiger partial charge in [-0.1, -0.05) is 33.1 Å². The van der Waals surface area contributed by atoms with E-state index in [1.165, 1.54) is 6.42 Å². The Labute approximate surface area is 103 Å². The molecule has 0 aliphatic heterocycles. The third kappa shape index (κ3) is 5.20. The standard InChI is InChI=1S/C13H23NO3/c1-10(2)9-17-13(16)14-12(8-15)11-6-4-3-5-7-11/h8,10-12H,3-7,9H2,1-2H3,(H,14,16). The third-order valence-electron chi connectivity index (χ3n) is 3.14. The fourth-order valence-corrected chi connectivity index (χ4v) is 2.18. The van der Waals surface area contributed by atoms with Gasteiger partial charge in [0.05, 0.1) is 12.6 Å². The molecule has 1 atom stereocenters. The summed E-state index contributed by atoms with van der Waals surface area (Å²) in [6.45, 7) is 4.35. The van der Waals surface area contributed by atoms with Crippen molar-refractivity contribution < 1.29 is 14.3 Å². The van der Waals surface area contributed by atoms with Gasteiger partial charge in [0.1, 0.15) is 6.29 Å². The Bertz CT molecular complexity index is 247. The Morgan fingerprint density at radius 3 is 2.53 bits per heavy atom. The first-order chi connectivity index (χ1) is 8.13. The molecule has 0 aromatic heterocycles. The van der Waals surface area contributed by atoms with Gasteiger partial charge in [-0.2, -0.15) is 0 Å². The molecule has 17 heavy (non-hydrogen) atoms. The second-order valence-electron chi connectivity index (χ2n) is 5.20. The minimum atomic E-state index is -0.471. The minimum Gasteiger partial charge on any atom is -0.449 e. The van der Waals surface area contributed by atoms with Crippen molar-refractivity contribution >= 4 is 12.4 Å². The Morgan fingerprint density at radius 1 is 1.35 bits per heavy atom. The number of carbonyl (C=O) groups is 2. The molecule has 0 spiro atoms. The predicted octanol–water partition coefficient (Wildman–Crippen LogP) is 2.52. The molecular weight excluding hydrogens is 218 g/mol. The first kappa shape index (κ1) is 14.0. The van der Waals surface area contributed by atoms with E-state index < -0.39 is 6.09 Å². The lowest BCUT2D eigenvalue weighted by Crippen LogP contribution is -2.42. The molecule has 4 nitrogen and oxygen atoms in total. The zero-order chi connectivity index (χ0) is 12.7. The van der Waals surface area contributed by atoms with E-state index in [1.807, 2.05) is 13.8 Å². The van der Waals surface area contributed by atoms with E-state index >= 15 is 0 Å². The van der Waals surface area contributed by atoms with Crippen molar-refractivity contribution in [2.45, 2.75) is 52.0 Å². The highest BCUT2D eigenvalue weighted by atomic mass is 16.5. The Balaban J connectivity index is 2.34. The third-order valence-corrected chi connectivity index (χ3v) is 3.14. The van der Waals surface area contributed by atoms with Crippen molar-refractivity contribution in [2.24, 2.45) is 11.8 Å². The van der Waals surface area contributed by atoms with Gasteiger partial charge in [-0.15, -0.1) is 0 Å². The smallest absolute Gasteiger partial charge is 0.407 e. The average Bonchev–Trinajstić information content (AvgIpc) is 2.34. The SMILES string of the molecule is CC(C)COC(=O)NC(C=O)C1CCCCC1. The van der Waals surface area contributed by atoms with Crippen LogP contribution < -0.4 is 5.32 Å². The molecule has 1 fully saturated rings. The fraction of sp³-hybridized carbons (Fsp3) is 0.846. The van der Waals surface area contributed by atoms with Crippen LogP contribution in [0.3, 0.4) is 0 Å². The van der Waals surface area contributed by atoms with Gasteiger partial charge in [0.25, 0.3) is 0 Å². The highest BCUT2D eigenvalue weighted by Crippen LogP contribution is 2.25. The van der Waals surface area contributed by atoms with Gasteiger partial charge in [-0.05, 0) is 24.7 Å². The van der Waals surface area contributed by atoms with E-state index in [9.17, 15) is 9.59 Å². The van der Waals surface area contributed by atoms with Crippen LogP contribution >= 0.6 is 0 Å². The van der Waals surface area contributed by atoms with Gasteiger partial charge in [-0.3, -0.25) is 0 Å². The van der Waals surface area contributed by atoms with Crippen LogP contribution in [0.15, 0.2) is 0 Å². The summed E-state index contributed by atoms with van der Waals surface area (Å²) in [5.74, 6) is 0.595. The Kier molecular flexibility index (Phi) is 6.01. The van der Waals surface area contributed by atoms with E-state index in [2.05, 4.69) is 5.32 Å². The highest BCUT2D eigenvalue weighted by molar-refractivity contribution is 5.73. The second-order valence-corrected chi connectivity index (χ2v) is 5.20. The average molecular weight is 241 g/mol. The van der Waals surface area contributed by atoms with Gasteiger partial charge in [0.15, 0.2) is 0 Å². The summed E-state index contributed by atoms with van der Waals surface area (Å²) in [6.07, 6.45) is 5.95. The molecule has 98 valence electrons. The lowest BCUT2D eigenvalue weighted by atomic mass is 9.84. The maximum absolute atomic E-state index is 11.5. The number of hydrogen-bond acceptors (Lipinski definition) is 3. The van der Waals surface area contributed by atoms with Gasteiger partial charge >= 0.3 is 6.09 Å². The summed E-state index contributed by atoms with van der Waals surface area (Å²) in [7, 11) is 0. The summed E-state index contributed by atoms with van der Waals surface area (Å²) in [6, 6.07) is -0.380. The molecular formula is C13H23NO3. The summed E-state index contributed by atoms with van der Waals surface area (Å²) >= 11 is 0. The minimum absolute atomic E-state index is 0.285. The van der Waals surface area contributed by atoms with Crippen LogP contribution in [-0.2, 0) is 9.53 Å². The lowest BCUT2D eigenvalue weighted by molar-refractivity contribution is -0.110. The molecule has 1 amide bonds. The quantitative estimate of drug-likeness (QED) is 0.752. The molecule has 1 unspecified atom stereocenters. The fourth-order valence-electron chi connectivity index (χ4n) is 2.18. The second kappa shape index (κ2) is 7.30. The van der Waals surface area contributed by atoms with E-state index in [-0.39, 0.29) is 12.0 Å².